The maximum Gasteiger partial charge on any atom is 0.322 e. The van der Waals surface area contributed by atoms with E-state index in [9.17, 15) is 14.4 Å². The Kier molecular flexibility index (Phi) is 5.52. The molecule has 7 nitrogen and oxygen atoms in total. The van der Waals surface area contributed by atoms with Crippen LogP contribution in [0.3, 0.4) is 0 Å². The molecule has 0 aliphatic carbocycles. The number of imide groups is 1. The molecule has 2 aromatic rings. The van der Waals surface area contributed by atoms with Gasteiger partial charge in [-0.2, -0.15) is 0 Å². The first kappa shape index (κ1) is 18.6. The third-order valence-corrected chi connectivity index (χ3v) is 4.20. The van der Waals surface area contributed by atoms with Crippen LogP contribution in [0.1, 0.15) is 21.5 Å². The van der Waals surface area contributed by atoms with E-state index in [1.807, 2.05) is 49.3 Å². The van der Waals surface area contributed by atoms with Crippen LogP contribution in [0.2, 0.25) is 0 Å². The standard InChI is InChI=1S/C20H22N4O3/c1-24(2)12-14-4-3-5-15(10-14)18(25)21-16-8-6-13(7-9-16)11-17-19(26)23-20(27)22-17/h3-10,17H,11-12H2,1-2H3,(H,21,25)(H2,22,23,26,27)/t17-/m1/s1. The summed E-state index contributed by atoms with van der Waals surface area (Å²) in [4.78, 5) is 37.3. The van der Waals surface area contributed by atoms with Crippen molar-refractivity contribution in [2.45, 2.75) is 19.0 Å². The number of benzene rings is 2. The number of nitrogens with zero attached hydrogens (tertiary/aromatic N) is 1. The van der Waals surface area contributed by atoms with E-state index in [0.717, 1.165) is 17.7 Å². The van der Waals surface area contributed by atoms with Crippen LogP contribution < -0.4 is 16.0 Å². The van der Waals surface area contributed by atoms with Crippen LogP contribution in [0, 0.1) is 0 Å². The Morgan fingerprint density at radius 1 is 1.07 bits per heavy atom. The minimum atomic E-state index is -0.558. The monoisotopic (exact) mass is 366 g/mol. The zero-order chi connectivity index (χ0) is 19.4. The van der Waals surface area contributed by atoms with Crippen molar-refractivity contribution in [1.82, 2.24) is 15.5 Å². The summed E-state index contributed by atoms with van der Waals surface area (Å²) in [5, 5.41) is 7.65. The van der Waals surface area contributed by atoms with Gasteiger partial charge in [0.15, 0.2) is 0 Å². The quantitative estimate of drug-likeness (QED) is 0.680. The van der Waals surface area contributed by atoms with E-state index >= 15 is 0 Å². The van der Waals surface area contributed by atoms with Gasteiger partial charge in [-0.3, -0.25) is 14.9 Å². The van der Waals surface area contributed by atoms with Crippen LogP contribution in [-0.4, -0.2) is 42.9 Å². The van der Waals surface area contributed by atoms with Gasteiger partial charge < -0.3 is 15.5 Å². The van der Waals surface area contributed by atoms with E-state index in [1.54, 1.807) is 18.2 Å². The summed E-state index contributed by atoms with van der Waals surface area (Å²) in [6, 6.07) is 13.7. The molecule has 27 heavy (non-hydrogen) atoms. The maximum absolute atomic E-state index is 12.5. The lowest BCUT2D eigenvalue weighted by molar-refractivity contribution is -0.120. The number of hydrogen-bond donors (Lipinski definition) is 3. The fourth-order valence-corrected chi connectivity index (χ4v) is 2.94. The molecule has 3 rings (SSSR count). The lowest BCUT2D eigenvalue weighted by Crippen LogP contribution is -2.31. The van der Waals surface area contributed by atoms with Crippen molar-refractivity contribution in [3.63, 3.8) is 0 Å². The van der Waals surface area contributed by atoms with Crippen LogP contribution in [-0.2, 0) is 17.8 Å². The molecule has 0 spiro atoms. The fraction of sp³-hybridized carbons (Fsp3) is 0.250. The third kappa shape index (κ3) is 4.92. The van der Waals surface area contributed by atoms with E-state index in [1.165, 1.54) is 0 Å². The van der Waals surface area contributed by atoms with Crippen molar-refractivity contribution < 1.29 is 14.4 Å². The largest absolute Gasteiger partial charge is 0.326 e. The Hall–Kier alpha value is -3.19. The van der Waals surface area contributed by atoms with Gasteiger partial charge in [0.25, 0.3) is 11.8 Å². The number of hydrogen-bond acceptors (Lipinski definition) is 4. The average Bonchev–Trinajstić information content (AvgIpc) is 2.93. The third-order valence-electron chi connectivity index (χ3n) is 4.20. The molecule has 0 radical (unpaired) electrons. The summed E-state index contributed by atoms with van der Waals surface area (Å²) in [5.41, 5.74) is 3.23. The summed E-state index contributed by atoms with van der Waals surface area (Å²) in [6.07, 6.45) is 0.401. The zero-order valence-corrected chi connectivity index (χ0v) is 15.3. The average molecular weight is 366 g/mol. The first-order valence-corrected chi connectivity index (χ1v) is 8.66. The second-order valence-corrected chi connectivity index (χ2v) is 6.81. The molecule has 4 amide bonds. The van der Waals surface area contributed by atoms with Crippen molar-refractivity contribution in [2.75, 3.05) is 19.4 Å². The Labute approximate surface area is 157 Å². The van der Waals surface area contributed by atoms with Crippen molar-refractivity contribution in [1.29, 1.82) is 0 Å². The van der Waals surface area contributed by atoms with E-state index < -0.39 is 12.1 Å². The van der Waals surface area contributed by atoms with Crippen LogP contribution in [0.15, 0.2) is 48.5 Å². The number of carbonyl (C=O) groups is 3. The number of carbonyl (C=O) groups excluding carboxylic acids is 3. The lowest BCUT2D eigenvalue weighted by atomic mass is 10.1. The molecule has 0 unspecified atom stereocenters. The molecule has 2 aromatic carbocycles. The molecule has 0 bridgehead atoms. The highest BCUT2D eigenvalue weighted by Gasteiger charge is 2.29. The van der Waals surface area contributed by atoms with Gasteiger partial charge in [0.1, 0.15) is 6.04 Å². The molecule has 1 atom stereocenters. The molecule has 7 heteroatoms. The van der Waals surface area contributed by atoms with Gasteiger partial charge in [0.2, 0.25) is 0 Å². The van der Waals surface area contributed by atoms with E-state index in [4.69, 9.17) is 0 Å². The Bertz CT molecular complexity index is 862. The smallest absolute Gasteiger partial charge is 0.322 e. The van der Waals surface area contributed by atoms with E-state index in [0.29, 0.717) is 17.7 Å². The van der Waals surface area contributed by atoms with Gasteiger partial charge in [-0.25, -0.2) is 4.79 Å². The highest BCUT2D eigenvalue weighted by atomic mass is 16.2. The zero-order valence-electron chi connectivity index (χ0n) is 15.3. The SMILES string of the molecule is CN(C)Cc1cccc(C(=O)Nc2ccc(C[C@H]3NC(=O)NC3=O)cc2)c1. The predicted molar refractivity (Wildman–Crippen MR) is 102 cm³/mol. The minimum Gasteiger partial charge on any atom is -0.326 e. The van der Waals surface area contributed by atoms with Crippen LogP contribution in [0.4, 0.5) is 10.5 Å². The van der Waals surface area contributed by atoms with Gasteiger partial charge in [-0.05, 0) is 49.5 Å². The van der Waals surface area contributed by atoms with Crippen molar-refractivity contribution in [2.24, 2.45) is 0 Å². The van der Waals surface area contributed by atoms with Crippen molar-refractivity contribution in [3.8, 4) is 0 Å². The van der Waals surface area contributed by atoms with Crippen LogP contribution in [0.5, 0.6) is 0 Å². The molecule has 0 aromatic heterocycles. The molecule has 3 N–H and O–H groups in total. The van der Waals surface area contributed by atoms with Crippen molar-refractivity contribution in [3.05, 3.63) is 65.2 Å². The number of urea groups is 1. The molecule has 0 saturated carbocycles. The molecule has 1 aliphatic heterocycles. The topological polar surface area (TPSA) is 90.5 Å². The van der Waals surface area contributed by atoms with Crippen LogP contribution in [0.25, 0.3) is 0 Å². The maximum atomic E-state index is 12.5. The summed E-state index contributed by atoms with van der Waals surface area (Å²) in [5.74, 6) is -0.499. The highest BCUT2D eigenvalue weighted by Crippen LogP contribution is 2.15. The number of anilines is 1. The molecular weight excluding hydrogens is 344 g/mol. The Morgan fingerprint density at radius 2 is 1.81 bits per heavy atom. The summed E-state index contributed by atoms with van der Waals surface area (Å²) < 4.78 is 0. The number of nitrogens with one attached hydrogen (secondary N) is 3. The molecule has 1 fully saturated rings. The normalized spacial score (nSPS) is 16.2. The van der Waals surface area contributed by atoms with Gasteiger partial charge in [0.05, 0.1) is 0 Å². The number of rotatable bonds is 6. The van der Waals surface area contributed by atoms with Gasteiger partial charge in [0, 0.05) is 24.2 Å². The van der Waals surface area contributed by atoms with Gasteiger partial charge >= 0.3 is 6.03 Å². The van der Waals surface area contributed by atoms with Crippen LogP contribution >= 0.6 is 0 Å². The first-order valence-electron chi connectivity index (χ1n) is 8.66. The second-order valence-electron chi connectivity index (χ2n) is 6.81. The molecule has 1 aliphatic rings. The highest BCUT2D eigenvalue weighted by molar-refractivity contribution is 6.05. The van der Waals surface area contributed by atoms with Crippen molar-refractivity contribution >= 4 is 23.5 Å². The lowest BCUT2D eigenvalue weighted by Gasteiger charge is -2.11. The first-order chi connectivity index (χ1) is 12.9. The molecular formula is C20H22N4O3. The molecule has 1 saturated heterocycles. The Morgan fingerprint density at radius 3 is 2.44 bits per heavy atom. The summed E-state index contributed by atoms with van der Waals surface area (Å²) >= 11 is 0. The molecule has 1 heterocycles. The minimum absolute atomic E-state index is 0.175. The molecule has 140 valence electrons. The Balaban J connectivity index is 1.62. The van der Waals surface area contributed by atoms with Gasteiger partial charge in [-0.15, -0.1) is 0 Å². The van der Waals surface area contributed by atoms with E-state index in [2.05, 4.69) is 16.0 Å². The second kappa shape index (κ2) is 8.01. The summed E-state index contributed by atoms with van der Waals surface area (Å²) in [6.45, 7) is 0.765. The van der Waals surface area contributed by atoms with Gasteiger partial charge in [-0.1, -0.05) is 24.3 Å². The van der Waals surface area contributed by atoms with E-state index in [-0.39, 0.29) is 11.8 Å². The fourth-order valence-electron chi connectivity index (χ4n) is 2.94. The summed E-state index contributed by atoms with van der Waals surface area (Å²) in [7, 11) is 3.96. The predicted octanol–water partition coefficient (Wildman–Crippen LogP) is 1.75. The number of amides is 4.